The van der Waals surface area contributed by atoms with Crippen LogP contribution in [0.4, 0.5) is 0 Å². The molecule has 0 radical (unpaired) electrons. The van der Waals surface area contributed by atoms with Gasteiger partial charge in [0.15, 0.2) is 5.82 Å². The highest BCUT2D eigenvalue weighted by atomic mass is 16.5. The Labute approximate surface area is 136 Å². The van der Waals surface area contributed by atoms with E-state index in [1.54, 1.807) is 7.11 Å². The van der Waals surface area contributed by atoms with Gasteiger partial charge in [0.2, 0.25) is 5.89 Å². The normalized spacial score (nSPS) is 20.4. The van der Waals surface area contributed by atoms with Crippen LogP contribution in [0, 0.1) is 6.92 Å². The van der Waals surface area contributed by atoms with E-state index in [1.807, 2.05) is 31.2 Å². The topological polar surface area (TPSA) is 71.6 Å². The van der Waals surface area contributed by atoms with E-state index < -0.39 is 6.10 Å². The summed E-state index contributed by atoms with van der Waals surface area (Å²) in [6.07, 6.45) is 1.58. The average Bonchev–Trinajstić information content (AvgIpc) is 3.02. The zero-order valence-electron chi connectivity index (χ0n) is 13.6. The first-order valence-electron chi connectivity index (χ1n) is 8.00. The smallest absolute Gasteiger partial charge is 0.231 e. The summed E-state index contributed by atoms with van der Waals surface area (Å²) < 4.78 is 10.5. The van der Waals surface area contributed by atoms with Crippen molar-refractivity contribution in [3.05, 3.63) is 41.5 Å². The molecule has 124 valence electrons. The molecule has 1 fully saturated rings. The van der Waals surface area contributed by atoms with E-state index in [0.717, 1.165) is 37.2 Å². The molecule has 2 aromatic rings. The van der Waals surface area contributed by atoms with Gasteiger partial charge in [0, 0.05) is 13.1 Å². The third kappa shape index (κ3) is 3.89. The lowest BCUT2D eigenvalue weighted by Crippen LogP contribution is -2.37. The molecule has 23 heavy (non-hydrogen) atoms. The maximum absolute atomic E-state index is 10.5. The van der Waals surface area contributed by atoms with E-state index in [1.165, 1.54) is 0 Å². The van der Waals surface area contributed by atoms with Gasteiger partial charge in [-0.1, -0.05) is 17.3 Å². The predicted octanol–water partition coefficient (Wildman–Crippen LogP) is 2.30. The zero-order valence-corrected chi connectivity index (χ0v) is 13.6. The maximum atomic E-state index is 10.5. The molecule has 2 heterocycles. The van der Waals surface area contributed by atoms with Gasteiger partial charge < -0.3 is 14.4 Å². The molecule has 0 saturated carbocycles. The second kappa shape index (κ2) is 7.10. The van der Waals surface area contributed by atoms with Gasteiger partial charge >= 0.3 is 0 Å². The van der Waals surface area contributed by atoms with Crippen molar-refractivity contribution >= 4 is 0 Å². The van der Waals surface area contributed by atoms with Crippen molar-refractivity contribution in [3.63, 3.8) is 0 Å². The monoisotopic (exact) mass is 317 g/mol. The van der Waals surface area contributed by atoms with Crippen LogP contribution >= 0.6 is 0 Å². The largest absolute Gasteiger partial charge is 0.497 e. The maximum Gasteiger partial charge on any atom is 0.231 e. The lowest BCUT2D eigenvalue weighted by atomic mass is 9.97. The molecular weight excluding hydrogens is 294 g/mol. The molecule has 1 N–H and O–H groups in total. The molecule has 0 aliphatic carbocycles. The first kappa shape index (κ1) is 16.0. The second-order valence-corrected chi connectivity index (χ2v) is 6.07. The van der Waals surface area contributed by atoms with Crippen molar-refractivity contribution in [1.82, 2.24) is 15.0 Å². The number of β-amino-alcohol motifs (C(OH)–C–C–N with tert-alkyl or cyclic N) is 1. The van der Waals surface area contributed by atoms with Crippen LogP contribution in [0.3, 0.4) is 0 Å². The Morgan fingerprint density at radius 2 is 2.35 bits per heavy atom. The molecular formula is C17H23N3O3. The number of aliphatic hydroxyl groups excluding tert-OH is 1. The van der Waals surface area contributed by atoms with Gasteiger partial charge in [0.05, 0.1) is 19.1 Å². The molecule has 1 aliphatic heterocycles. The molecule has 1 aromatic heterocycles. The molecule has 0 bridgehead atoms. The number of hydrogen-bond acceptors (Lipinski definition) is 6. The number of piperidine rings is 1. The Bertz CT molecular complexity index is 644. The third-order valence-electron chi connectivity index (χ3n) is 4.31. The van der Waals surface area contributed by atoms with Gasteiger partial charge in [-0.25, -0.2) is 0 Å². The number of aromatic nitrogens is 2. The van der Waals surface area contributed by atoms with Crippen LogP contribution in [0.15, 0.2) is 28.8 Å². The Kier molecular flexibility index (Phi) is 4.93. The minimum absolute atomic E-state index is 0.252. The van der Waals surface area contributed by atoms with Gasteiger partial charge in [-0.2, -0.15) is 4.98 Å². The molecule has 1 aromatic carbocycles. The fourth-order valence-corrected chi connectivity index (χ4v) is 3.10. The van der Waals surface area contributed by atoms with Gasteiger partial charge in [-0.05, 0) is 44.0 Å². The summed E-state index contributed by atoms with van der Waals surface area (Å²) >= 11 is 0. The van der Waals surface area contributed by atoms with E-state index in [0.29, 0.717) is 18.3 Å². The minimum atomic E-state index is -0.534. The number of nitrogens with zero attached hydrogens (tertiary/aromatic N) is 3. The summed E-state index contributed by atoms with van der Waals surface area (Å²) in [4.78, 5) is 6.61. The van der Waals surface area contributed by atoms with Crippen molar-refractivity contribution in [3.8, 4) is 5.75 Å². The number of rotatable bonds is 5. The Morgan fingerprint density at radius 3 is 3.09 bits per heavy atom. The first-order chi connectivity index (χ1) is 11.2. The summed E-state index contributed by atoms with van der Waals surface area (Å²) in [6.45, 7) is 4.24. The van der Waals surface area contributed by atoms with Gasteiger partial charge in [-0.3, -0.25) is 4.90 Å². The summed E-state index contributed by atoms with van der Waals surface area (Å²) in [7, 11) is 1.63. The number of ether oxygens (including phenoxy) is 1. The van der Waals surface area contributed by atoms with E-state index in [9.17, 15) is 5.11 Å². The first-order valence-corrected chi connectivity index (χ1v) is 8.00. The molecule has 1 aliphatic rings. The zero-order chi connectivity index (χ0) is 16.2. The van der Waals surface area contributed by atoms with Crippen LogP contribution in [-0.2, 0) is 0 Å². The fraction of sp³-hybridized carbons (Fsp3) is 0.529. The highest BCUT2D eigenvalue weighted by Crippen LogP contribution is 2.27. The van der Waals surface area contributed by atoms with Crippen LogP contribution in [0.5, 0.6) is 5.75 Å². The van der Waals surface area contributed by atoms with Crippen LogP contribution in [0.2, 0.25) is 0 Å². The number of likely N-dealkylation sites (tertiary alicyclic amines) is 1. The molecule has 0 spiro atoms. The van der Waals surface area contributed by atoms with Crippen LogP contribution in [0.25, 0.3) is 0 Å². The number of aliphatic hydroxyl groups is 1. The highest BCUT2D eigenvalue weighted by molar-refractivity contribution is 5.29. The third-order valence-corrected chi connectivity index (χ3v) is 4.31. The standard InChI is InChI=1S/C17H23N3O3/c1-12-18-17(23-19-12)14-6-4-8-20(10-14)11-16(21)13-5-3-7-15(9-13)22-2/h3,5,7,9,14,16,21H,4,6,8,10-11H2,1-2H3. The molecule has 2 unspecified atom stereocenters. The van der Waals surface area contributed by atoms with Crippen LogP contribution < -0.4 is 4.74 Å². The van der Waals surface area contributed by atoms with Crippen molar-refractivity contribution in [2.24, 2.45) is 0 Å². The summed E-state index contributed by atoms with van der Waals surface area (Å²) in [5.74, 6) is 2.40. The molecule has 1 saturated heterocycles. The second-order valence-electron chi connectivity index (χ2n) is 6.07. The lowest BCUT2D eigenvalue weighted by molar-refractivity contribution is 0.0909. The Hall–Kier alpha value is -1.92. The van der Waals surface area contributed by atoms with Crippen molar-refractivity contribution in [1.29, 1.82) is 0 Å². The lowest BCUT2D eigenvalue weighted by Gasteiger charge is -2.32. The molecule has 6 heteroatoms. The molecule has 2 atom stereocenters. The van der Waals surface area contributed by atoms with Gasteiger partial charge in [0.25, 0.3) is 0 Å². The fourth-order valence-electron chi connectivity index (χ4n) is 3.10. The molecule has 0 amide bonds. The van der Waals surface area contributed by atoms with E-state index >= 15 is 0 Å². The van der Waals surface area contributed by atoms with E-state index in [-0.39, 0.29) is 5.92 Å². The summed E-state index contributed by atoms with van der Waals surface area (Å²) in [5.41, 5.74) is 0.875. The molecule has 3 rings (SSSR count). The Balaban J connectivity index is 1.62. The highest BCUT2D eigenvalue weighted by Gasteiger charge is 2.27. The van der Waals surface area contributed by atoms with Crippen molar-refractivity contribution < 1.29 is 14.4 Å². The number of benzene rings is 1. The average molecular weight is 317 g/mol. The van der Waals surface area contributed by atoms with Crippen LogP contribution in [-0.4, -0.2) is 46.9 Å². The van der Waals surface area contributed by atoms with Crippen LogP contribution in [0.1, 0.15) is 42.1 Å². The number of aryl methyl sites for hydroxylation is 1. The SMILES string of the molecule is COc1cccc(C(O)CN2CCCC(c3nc(C)no3)C2)c1. The van der Waals surface area contributed by atoms with E-state index in [4.69, 9.17) is 9.26 Å². The van der Waals surface area contributed by atoms with E-state index in [2.05, 4.69) is 15.0 Å². The Morgan fingerprint density at radius 1 is 1.48 bits per heavy atom. The predicted molar refractivity (Wildman–Crippen MR) is 85.4 cm³/mol. The van der Waals surface area contributed by atoms with Gasteiger partial charge in [0.1, 0.15) is 5.75 Å². The quantitative estimate of drug-likeness (QED) is 0.912. The summed E-state index contributed by atoms with van der Waals surface area (Å²) in [6, 6.07) is 7.59. The number of hydrogen-bond donors (Lipinski definition) is 1. The van der Waals surface area contributed by atoms with Gasteiger partial charge in [-0.15, -0.1) is 0 Å². The van der Waals surface area contributed by atoms with Crippen molar-refractivity contribution in [2.45, 2.75) is 31.8 Å². The minimum Gasteiger partial charge on any atom is -0.497 e. The summed E-state index contributed by atoms with van der Waals surface area (Å²) in [5, 5.41) is 14.4. The van der Waals surface area contributed by atoms with Crippen molar-refractivity contribution in [2.75, 3.05) is 26.7 Å². The molecule has 6 nitrogen and oxygen atoms in total. The number of methoxy groups -OCH3 is 1.